The van der Waals surface area contributed by atoms with Gasteiger partial charge in [-0.25, -0.2) is 0 Å². The first-order chi connectivity index (χ1) is 6.13. The number of ether oxygens (including phenoxy) is 1. The number of amides is 1. The molecule has 0 rings (SSSR count). The third kappa shape index (κ3) is 5.11. The van der Waals surface area contributed by atoms with Gasteiger partial charge in [0.05, 0.1) is 6.61 Å². The second-order valence-corrected chi connectivity index (χ2v) is 3.60. The van der Waals surface area contributed by atoms with Crippen molar-refractivity contribution in [2.45, 2.75) is 25.6 Å². The molecule has 2 atom stereocenters. The molecule has 4 heteroatoms. The molecule has 0 radical (unpaired) electrons. The lowest BCUT2D eigenvalue weighted by Gasteiger charge is -2.16. The van der Waals surface area contributed by atoms with Crippen molar-refractivity contribution < 1.29 is 9.53 Å². The Bertz CT molecular complexity index is 153. The SMILES string of the molecule is CCCNC(=O)C(Cl)C(C)COC. The highest BCUT2D eigenvalue weighted by atomic mass is 35.5. The van der Waals surface area contributed by atoms with Gasteiger partial charge >= 0.3 is 0 Å². The van der Waals surface area contributed by atoms with Crippen LogP contribution >= 0.6 is 11.6 Å². The van der Waals surface area contributed by atoms with Crippen molar-refractivity contribution in [3.8, 4) is 0 Å². The molecule has 3 nitrogen and oxygen atoms in total. The van der Waals surface area contributed by atoms with Gasteiger partial charge in [-0.1, -0.05) is 13.8 Å². The molecular weight excluding hydrogens is 190 g/mol. The molecule has 2 unspecified atom stereocenters. The van der Waals surface area contributed by atoms with Gasteiger partial charge < -0.3 is 10.1 Å². The molecule has 0 aliphatic rings. The summed E-state index contributed by atoms with van der Waals surface area (Å²) in [6, 6.07) is 0. The van der Waals surface area contributed by atoms with Gasteiger partial charge in [0.15, 0.2) is 0 Å². The Balaban J connectivity index is 3.79. The molecule has 0 aromatic carbocycles. The van der Waals surface area contributed by atoms with Crippen molar-refractivity contribution in [1.29, 1.82) is 0 Å². The number of nitrogens with one attached hydrogen (secondary N) is 1. The summed E-state index contributed by atoms with van der Waals surface area (Å²) >= 11 is 5.90. The van der Waals surface area contributed by atoms with Crippen LogP contribution in [0.25, 0.3) is 0 Å². The zero-order chi connectivity index (χ0) is 10.3. The quantitative estimate of drug-likeness (QED) is 0.669. The average molecular weight is 208 g/mol. The van der Waals surface area contributed by atoms with Crippen LogP contribution < -0.4 is 5.32 Å². The number of carbonyl (C=O) groups excluding carboxylic acids is 1. The minimum absolute atomic E-state index is 0.0449. The minimum atomic E-state index is -0.494. The first-order valence-electron chi connectivity index (χ1n) is 4.54. The maximum Gasteiger partial charge on any atom is 0.238 e. The van der Waals surface area contributed by atoms with E-state index in [4.69, 9.17) is 16.3 Å². The molecule has 1 amide bonds. The number of hydrogen-bond acceptors (Lipinski definition) is 2. The Labute approximate surface area is 84.8 Å². The van der Waals surface area contributed by atoms with Crippen molar-refractivity contribution in [3.05, 3.63) is 0 Å². The maximum atomic E-state index is 11.3. The topological polar surface area (TPSA) is 38.3 Å². The van der Waals surface area contributed by atoms with Crippen LogP contribution in [0.3, 0.4) is 0 Å². The highest BCUT2D eigenvalue weighted by molar-refractivity contribution is 6.30. The van der Waals surface area contributed by atoms with E-state index in [2.05, 4.69) is 5.32 Å². The minimum Gasteiger partial charge on any atom is -0.384 e. The standard InChI is InChI=1S/C9H18ClNO2/c1-4-5-11-9(12)8(10)7(2)6-13-3/h7-8H,4-6H2,1-3H3,(H,11,12). The van der Waals surface area contributed by atoms with Crippen molar-refractivity contribution in [2.24, 2.45) is 5.92 Å². The second kappa shape index (κ2) is 7.15. The van der Waals surface area contributed by atoms with Crippen LogP contribution in [-0.4, -0.2) is 31.5 Å². The summed E-state index contributed by atoms with van der Waals surface area (Å²) in [5, 5.41) is 2.25. The monoisotopic (exact) mass is 207 g/mol. The van der Waals surface area contributed by atoms with E-state index in [1.807, 2.05) is 13.8 Å². The summed E-state index contributed by atoms with van der Waals surface area (Å²) in [6.07, 6.45) is 0.925. The van der Waals surface area contributed by atoms with Crippen molar-refractivity contribution in [1.82, 2.24) is 5.32 Å². The van der Waals surface area contributed by atoms with Gasteiger partial charge in [0.2, 0.25) is 5.91 Å². The van der Waals surface area contributed by atoms with E-state index in [1.54, 1.807) is 7.11 Å². The van der Waals surface area contributed by atoms with E-state index < -0.39 is 5.38 Å². The molecule has 0 heterocycles. The highest BCUT2D eigenvalue weighted by Gasteiger charge is 2.21. The first-order valence-corrected chi connectivity index (χ1v) is 4.97. The highest BCUT2D eigenvalue weighted by Crippen LogP contribution is 2.10. The summed E-state index contributed by atoms with van der Waals surface area (Å²) in [5.74, 6) is -0.0587. The Hall–Kier alpha value is -0.280. The van der Waals surface area contributed by atoms with Crippen LogP contribution in [0.2, 0.25) is 0 Å². The molecule has 0 fully saturated rings. The maximum absolute atomic E-state index is 11.3. The summed E-state index contributed by atoms with van der Waals surface area (Å²) in [5.41, 5.74) is 0. The fraction of sp³-hybridized carbons (Fsp3) is 0.889. The predicted octanol–water partition coefficient (Wildman–Crippen LogP) is 1.40. The Morgan fingerprint density at radius 3 is 2.69 bits per heavy atom. The number of halogens is 1. The number of alkyl halides is 1. The first kappa shape index (κ1) is 12.7. The fourth-order valence-corrected chi connectivity index (χ4v) is 1.10. The Morgan fingerprint density at radius 2 is 2.23 bits per heavy atom. The van der Waals surface area contributed by atoms with Crippen LogP contribution in [0, 0.1) is 5.92 Å². The lowest BCUT2D eigenvalue weighted by atomic mass is 10.1. The molecule has 78 valence electrons. The van der Waals surface area contributed by atoms with Gasteiger partial charge in [-0.3, -0.25) is 4.79 Å². The third-order valence-corrected chi connectivity index (χ3v) is 2.36. The lowest BCUT2D eigenvalue weighted by molar-refractivity contribution is -0.121. The van der Waals surface area contributed by atoms with Crippen molar-refractivity contribution >= 4 is 17.5 Å². The van der Waals surface area contributed by atoms with Gasteiger partial charge in [-0.05, 0) is 6.42 Å². The van der Waals surface area contributed by atoms with Gasteiger partial charge in [-0.2, -0.15) is 0 Å². The summed E-state index contributed by atoms with van der Waals surface area (Å²) in [4.78, 5) is 11.3. The number of hydrogen-bond donors (Lipinski definition) is 1. The number of rotatable bonds is 6. The summed E-state index contributed by atoms with van der Waals surface area (Å²) < 4.78 is 4.91. The van der Waals surface area contributed by atoms with Gasteiger partial charge in [-0.15, -0.1) is 11.6 Å². The molecule has 0 spiro atoms. The Kier molecular flexibility index (Phi) is 7.00. The molecule has 0 aliphatic heterocycles. The molecule has 0 aromatic rings. The molecule has 13 heavy (non-hydrogen) atoms. The number of carbonyl (C=O) groups is 1. The Morgan fingerprint density at radius 1 is 1.62 bits per heavy atom. The molecule has 0 saturated carbocycles. The van der Waals surface area contributed by atoms with Crippen LogP contribution in [0.5, 0.6) is 0 Å². The fourth-order valence-electron chi connectivity index (χ4n) is 0.951. The zero-order valence-corrected chi connectivity index (χ0v) is 9.23. The molecule has 0 bridgehead atoms. The van der Waals surface area contributed by atoms with Crippen LogP contribution in [0.4, 0.5) is 0 Å². The van der Waals surface area contributed by atoms with E-state index >= 15 is 0 Å². The lowest BCUT2D eigenvalue weighted by Crippen LogP contribution is -2.36. The second-order valence-electron chi connectivity index (χ2n) is 3.13. The van der Waals surface area contributed by atoms with E-state index in [1.165, 1.54) is 0 Å². The van der Waals surface area contributed by atoms with E-state index in [-0.39, 0.29) is 11.8 Å². The largest absolute Gasteiger partial charge is 0.384 e. The molecule has 0 aliphatic carbocycles. The summed E-state index contributed by atoms with van der Waals surface area (Å²) in [7, 11) is 1.60. The van der Waals surface area contributed by atoms with E-state index in [9.17, 15) is 4.79 Å². The van der Waals surface area contributed by atoms with E-state index in [0.717, 1.165) is 6.42 Å². The molecule has 1 N–H and O–H groups in total. The van der Waals surface area contributed by atoms with Crippen molar-refractivity contribution in [3.63, 3.8) is 0 Å². The molecule has 0 aromatic heterocycles. The zero-order valence-electron chi connectivity index (χ0n) is 8.47. The van der Waals surface area contributed by atoms with Crippen LogP contribution in [-0.2, 0) is 9.53 Å². The van der Waals surface area contributed by atoms with Gasteiger partial charge in [0, 0.05) is 19.6 Å². The smallest absolute Gasteiger partial charge is 0.238 e. The third-order valence-electron chi connectivity index (χ3n) is 1.73. The average Bonchev–Trinajstić information content (AvgIpc) is 2.13. The van der Waals surface area contributed by atoms with Crippen LogP contribution in [0.15, 0.2) is 0 Å². The van der Waals surface area contributed by atoms with Crippen LogP contribution in [0.1, 0.15) is 20.3 Å². The molecular formula is C9H18ClNO2. The normalized spacial score (nSPS) is 15.1. The van der Waals surface area contributed by atoms with Crippen molar-refractivity contribution in [2.75, 3.05) is 20.3 Å². The number of methoxy groups -OCH3 is 1. The predicted molar refractivity (Wildman–Crippen MR) is 54.0 cm³/mol. The summed E-state index contributed by atoms with van der Waals surface area (Å²) in [6.45, 7) is 5.09. The molecule has 0 saturated heterocycles. The van der Waals surface area contributed by atoms with Gasteiger partial charge in [0.25, 0.3) is 0 Å². The van der Waals surface area contributed by atoms with Gasteiger partial charge in [0.1, 0.15) is 5.38 Å². The van der Waals surface area contributed by atoms with E-state index in [0.29, 0.717) is 13.2 Å².